The number of aromatic nitrogens is 2. The first-order valence-corrected chi connectivity index (χ1v) is 4.57. The van der Waals surface area contributed by atoms with Gasteiger partial charge in [0.2, 0.25) is 0 Å². The van der Waals surface area contributed by atoms with Gasteiger partial charge in [0.1, 0.15) is 0 Å². The molecule has 0 spiro atoms. The molecule has 1 N–H and O–H groups in total. The third kappa shape index (κ3) is 2.04. The number of carboxylic acids is 1. The molecular weight excluding hydrogens is 192 g/mol. The van der Waals surface area contributed by atoms with Crippen LogP contribution >= 0.6 is 0 Å². The molecule has 0 saturated heterocycles. The van der Waals surface area contributed by atoms with E-state index in [-0.39, 0.29) is 0 Å². The highest BCUT2D eigenvalue weighted by Gasteiger charge is 1.98. The fraction of sp³-hybridized carbons (Fsp3) is 0.0909. The van der Waals surface area contributed by atoms with Crippen molar-refractivity contribution in [2.45, 2.75) is 6.54 Å². The minimum absolute atomic E-state index is 0.521. The van der Waals surface area contributed by atoms with Gasteiger partial charge in [0.05, 0.1) is 17.4 Å². The number of aliphatic carboxylic acids is 1. The maximum Gasteiger partial charge on any atom is 0.328 e. The average molecular weight is 202 g/mol. The van der Waals surface area contributed by atoms with E-state index in [4.69, 9.17) is 5.11 Å². The van der Waals surface area contributed by atoms with Crippen molar-refractivity contribution in [1.82, 2.24) is 9.55 Å². The highest BCUT2D eigenvalue weighted by molar-refractivity contribution is 5.79. The molecule has 0 saturated carbocycles. The van der Waals surface area contributed by atoms with Crippen molar-refractivity contribution < 1.29 is 9.90 Å². The van der Waals surface area contributed by atoms with Crippen LogP contribution in [-0.2, 0) is 11.3 Å². The van der Waals surface area contributed by atoms with Crippen molar-refractivity contribution in [3.05, 3.63) is 42.7 Å². The fourth-order valence-corrected chi connectivity index (χ4v) is 1.42. The number of carboxylic acid groups (broad SMARTS) is 1. The summed E-state index contributed by atoms with van der Waals surface area (Å²) >= 11 is 0. The molecule has 0 aliphatic carbocycles. The zero-order valence-corrected chi connectivity index (χ0v) is 8.00. The summed E-state index contributed by atoms with van der Waals surface area (Å²) in [4.78, 5) is 14.5. The van der Waals surface area contributed by atoms with Crippen LogP contribution in [0.15, 0.2) is 42.7 Å². The smallest absolute Gasteiger partial charge is 0.328 e. The third-order valence-corrected chi connectivity index (χ3v) is 2.09. The maximum atomic E-state index is 10.3. The molecule has 76 valence electrons. The Morgan fingerprint density at radius 1 is 1.47 bits per heavy atom. The Labute approximate surface area is 86.5 Å². The lowest BCUT2D eigenvalue weighted by atomic mass is 10.3. The Kier molecular flexibility index (Phi) is 2.49. The van der Waals surface area contributed by atoms with Crippen LogP contribution in [0.5, 0.6) is 0 Å². The standard InChI is InChI=1S/C11H10N2O2/c14-11(15)6-3-7-13-8-12-9-4-1-2-5-10(9)13/h1-6,8H,7H2,(H,14,15). The van der Waals surface area contributed by atoms with Crippen molar-refractivity contribution in [2.24, 2.45) is 0 Å². The molecule has 0 unspecified atom stereocenters. The molecule has 0 amide bonds. The molecule has 0 aliphatic heterocycles. The zero-order chi connectivity index (χ0) is 10.7. The number of hydrogen-bond acceptors (Lipinski definition) is 2. The van der Waals surface area contributed by atoms with E-state index in [9.17, 15) is 4.79 Å². The van der Waals surface area contributed by atoms with Crippen molar-refractivity contribution in [2.75, 3.05) is 0 Å². The van der Waals surface area contributed by atoms with Gasteiger partial charge < -0.3 is 9.67 Å². The van der Waals surface area contributed by atoms with Crippen LogP contribution in [0.2, 0.25) is 0 Å². The van der Waals surface area contributed by atoms with E-state index in [0.29, 0.717) is 6.54 Å². The zero-order valence-electron chi connectivity index (χ0n) is 8.00. The summed E-state index contributed by atoms with van der Waals surface area (Å²) in [6, 6.07) is 7.73. The SMILES string of the molecule is O=C(O)C=CCn1cnc2ccccc21. The van der Waals surface area contributed by atoms with Gasteiger partial charge >= 0.3 is 5.97 Å². The van der Waals surface area contributed by atoms with Gasteiger partial charge in [-0.25, -0.2) is 9.78 Å². The number of carbonyl (C=O) groups is 1. The summed E-state index contributed by atoms with van der Waals surface area (Å²) in [7, 11) is 0. The number of hydrogen-bond donors (Lipinski definition) is 1. The van der Waals surface area contributed by atoms with E-state index < -0.39 is 5.97 Å². The lowest BCUT2D eigenvalue weighted by molar-refractivity contribution is -0.131. The number of rotatable bonds is 3. The largest absolute Gasteiger partial charge is 0.478 e. The molecule has 1 heterocycles. The normalized spacial score (nSPS) is 11.2. The van der Waals surface area contributed by atoms with Gasteiger partial charge in [0.15, 0.2) is 0 Å². The van der Waals surface area contributed by atoms with Gasteiger partial charge in [-0.3, -0.25) is 0 Å². The number of fused-ring (bicyclic) bond motifs is 1. The van der Waals surface area contributed by atoms with E-state index in [1.807, 2.05) is 28.8 Å². The monoisotopic (exact) mass is 202 g/mol. The predicted octanol–water partition coefficient (Wildman–Crippen LogP) is 1.68. The number of nitrogens with zero attached hydrogens (tertiary/aromatic N) is 2. The molecule has 1 aromatic carbocycles. The Bertz CT molecular complexity index is 514. The van der Waals surface area contributed by atoms with Gasteiger partial charge in [-0.2, -0.15) is 0 Å². The Morgan fingerprint density at radius 3 is 3.07 bits per heavy atom. The van der Waals surface area contributed by atoms with Crippen molar-refractivity contribution >= 4 is 17.0 Å². The van der Waals surface area contributed by atoms with Crippen LogP contribution in [0.3, 0.4) is 0 Å². The first-order valence-electron chi connectivity index (χ1n) is 4.57. The van der Waals surface area contributed by atoms with Gasteiger partial charge in [-0.1, -0.05) is 18.2 Å². The van der Waals surface area contributed by atoms with Gasteiger partial charge in [0.25, 0.3) is 0 Å². The van der Waals surface area contributed by atoms with Crippen molar-refractivity contribution in [3.8, 4) is 0 Å². The molecule has 0 atom stereocenters. The van der Waals surface area contributed by atoms with Crippen LogP contribution in [0.4, 0.5) is 0 Å². The topological polar surface area (TPSA) is 55.1 Å². The summed E-state index contributed by atoms with van der Waals surface area (Å²) < 4.78 is 1.90. The molecule has 0 aliphatic rings. The lowest BCUT2D eigenvalue weighted by Gasteiger charge is -1.97. The first kappa shape index (κ1) is 9.45. The second kappa shape index (κ2) is 3.96. The summed E-state index contributed by atoms with van der Waals surface area (Å²) in [5, 5.41) is 8.44. The second-order valence-corrected chi connectivity index (χ2v) is 3.13. The molecule has 1 aromatic heterocycles. The van der Waals surface area contributed by atoms with E-state index >= 15 is 0 Å². The van der Waals surface area contributed by atoms with Crippen LogP contribution in [0.1, 0.15) is 0 Å². The van der Waals surface area contributed by atoms with E-state index in [0.717, 1.165) is 17.1 Å². The summed E-state index contributed by atoms with van der Waals surface area (Å²) in [5.74, 6) is -0.931. The fourth-order valence-electron chi connectivity index (χ4n) is 1.42. The van der Waals surface area contributed by atoms with E-state index in [1.165, 1.54) is 0 Å². The molecule has 2 rings (SSSR count). The number of para-hydroxylation sites is 2. The van der Waals surface area contributed by atoms with E-state index in [2.05, 4.69) is 4.98 Å². The van der Waals surface area contributed by atoms with Gasteiger partial charge in [0, 0.05) is 12.6 Å². The van der Waals surface area contributed by atoms with Crippen molar-refractivity contribution in [1.29, 1.82) is 0 Å². The van der Waals surface area contributed by atoms with Crippen LogP contribution < -0.4 is 0 Å². The molecule has 4 nitrogen and oxygen atoms in total. The number of imidazole rings is 1. The molecule has 0 bridgehead atoms. The molecule has 0 fully saturated rings. The minimum atomic E-state index is -0.931. The number of benzene rings is 1. The van der Waals surface area contributed by atoms with Crippen LogP contribution in [0, 0.1) is 0 Å². The first-order chi connectivity index (χ1) is 7.27. The molecule has 2 aromatic rings. The summed E-state index contributed by atoms with van der Waals surface area (Å²) in [6.07, 6.45) is 4.43. The van der Waals surface area contributed by atoms with Crippen LogP contribution in [-0.4, -0.2) is 20.6 Å². The average Bonchev–Trinajstić information content (AvgIpc) is 2.62. The molecular formula is C11H10N2O2. The van der Waals surface area contributed by atoms with Gasteiger partial charge in [-0.15, -0.1) is 0 Å². The van der Waals surface area contributed by atoms with Crippen LogP contribution in [0.25, 0.3) is 11.0 Å². The molecule has 0 radical (unpaired) electrons. The highest BCUT2D eigenvalue weighted by atomic mass is 16.4. The number of allylic oxidation sites excluding steroid dienone is 1. The Hall–Kier alpha value is -2.10. The quantitative estimate of drug-likeness (QED) is 0.770. The summed E-state index contributed by atoms with van der Waals surface area (Å²) in [6.45, 7) is 0.521. The second-order valence-electron chi connectivity index (χ2n) is 3.13. The molecule has 15 heavy (non-hydrogen) atoms. The minimum Gasteiger partial charge on any atom is -0.478 e. The Morgan fingerprint density at radius 2 is 2.27 bits per heavy atom. The summed E-state index contributed by atoms with van der Waals surface area (Å²) in [5.41, 5.74) is 1.92. The van der Waals surface area contributed by atoms with E-state index in [1.54, 1.807) is 12.4 Å². The third-order valence-electron chi connectivity index (χ3n) is 2.09. The molecule has 4 heteroatoms. The van der Waals surface area contributed by atoms with Gasteiger partial charge in [-0.05, 0) is 12.1 Å². The highest BCUT2D eigenvalue weighted by Crippen LogP contribution is 2.11. The maximum absolute atomic E-state index is 10.3. The van der Waals surface area contributed by atoms with Crippen molar-refractivity contribution in [3.63, 3.8) is 0 Å². The lowest BCUT2D eigenvalue weighted by Crippen LogP contribution is -1.94. The Balaban J connectivity index is 2.25. The predicted molar refractivity (Wildman–Crippen MR) is 56.5 cm³/mol.